The van der Waals surface area contributed by atoms with Crippen molar-refractivity contribution < 1.29 is 37.0 Å². The highest BCUT2D eigenvalue weighted by Gasteiger charge is 2.40. The van der Waals surface area contributed by atoms with Crippen LogP contribution in [0.15, 0.2) is 18.2 Å². The Balaban J connectivity index is 2.14. The molecular weight excluding hydrogens is 357 g/mol. The van der Waals surface area contributed by atoms with Crippen LogP contribution in [0, 0.1) is 5.92 Å². The number of aldehydes is 1. The van der Waals surface area contributed by atoms with Crippen LogP contribution in [-0.4, -0.2) is 44.7 Å². The van der Waals surface area contributed by atoms with Gasteiger partial charge in [-0.05, 0) is 18.2 Å². The summed E-state index contributed by atoms with van der Waals surface area (Å²) in [5.41, 5.74) is 0.529. The van der Waals surface area contributed by atoms with Gasteiger partial charge in [-0.2, -0.15) is 13.2 Å². The standard InChI is InChI=1S/C16H17F3N2O5/c1-25-9-21-12-7-11(2-3-13(12)26-8-15(21)24)20-14(23)6-10(4-5-22)16(17,18)19/h2-3,5,7,10H,4,6,8-9H2,1H3,(H,20,23). The van der Waals surface area contributed by atoms with Crippen molar-refractivity contribution in [2.45, 2.75) is 19.0 Å². The summed E-state index contributed by atoms with van der Waals surface area (Å²) in [6.45, 7) is -0.205. The Kier molecular flexibility index (Phi) is 6.19. The van der Waals surface area contributed by atoms with E-state index in [9.17, 15) is 27.6 Å². The van der Waals surface area contributed by atoms with Crippen LogP contribution in [0.5, 0.6) is 5.75 Å². The highest BCUT2D eigenvalue weighted by atomic mass is 19.4. The molecule has 26 heavy (non-hydrogen) atoms. The number of ether oxygens (including phenoxy) is 2. The third-order valence-electron chi connectivity index (χ3n) is 3.72. The minimum absolute atomic E-state index is 0.0396. The van der Waals surface area contributed by atoms with Crippen molar-refractivity contribution in [3.8, 4) is 5.75 Å². The fraction of sp³-hybridized carbons (Fsp3) is 0.438. The Morgan fingerprint density at radius 3 is 2.81 bits per heavy atom. The summed E-state index contributed by atoms with van der Waals surface area (Å²) in [5.74, 6) is -2.91. The number of rotatable bonds is 7. The number of hydrogen-bond donors (Lipinski definition) is 1. The fourth-order valence-corrected chi connectivity index (χ4v) is 2.44. The third-order valence-corrected chi connectivity index (χ3v) is 3.72. The number of alkyl halides is 3. The Bertz CT molecular complexity index is 693. The monoisotopic (exact) mass is 374 g/mol. The van der Waals surface area contributed by atoms with E-state index < -0.39 is 30.8 Å². The van der Waals surface area contributed by atoms with Crippen molar-refractivity contribution in [3.05, 3.63) is 18.2 Å². The predicted molar refractivity (Wildman–Crippen MR) is 84.8 cm³/mol. The number of nitrogens with one attached hydrogen (secondary N) is 1. The molecule has 1 aliphatic heterocycles. The maximum Gasteiger partial charge on any atom is 0.392 e. The Morgan fingerprint density at radius 2 is 2.19 bits per heavy atom. The highest BCUT2D eigenvalue weighted by Crippen LogP contribution is 2.35. The lowest BCUT2D eigenvalue weighted by molar-refractivity contribution is -0.179. The topological polar surface area (TPSA) is 84.9 Å². The van der Waals surface area contributed by atoms with Crippen molar-refractivity contribution >= 4 is 29.5 Å². The number of carbonyl (C=O) groups excluding carboxylic acids is 3. The number of anilines is 2. The molecule has 0 bridgehead atoms. The molecule has 2 amide bonds. The van der Waals surface area contributed by atoms with E-state index in [4.69, 9.17) is 9.47 Å². The van der Waals surface area contributed by atoms with E-state index in [1.807, 2.05) is 0 Å². The molecule has 1 aliphatic rings. The Hall–Kier alpha value is -2.62. The normalized spacial score (nSPS) is 15.1. The lowest BCUT2D eigenvalue weighted by atomic mass is 10.0. The lowest BCUT2D eigenvalue weighted by Gasteiger charge is -2.29. The second-order valence-electron chi connectivity index (χ2n) is 5.60. The summed E-state index contributed by atoms with van der Waals surface area (Å²) in [4.78, 5) is 35.5. The van der Waals surface area contributed by atoms with Crippen molar-refractivity contribution in [2.75, 3.05) is 30.7 Å². The number of benzene rings is 1. The van der Waals surface area contributed by atoms with Crippen LogP contribution in [0.2, 0.25) is 0 Å². The van der Waals surface area contributed by atoms with Gasteiger partial charge in [0.15, 0.2) is 6.61 Å². The van der Waals surface area contributed by atoms with Crippen LogP contribution in [0.3, 0.4) is 0 Å². The number of amides is 2. The molecule has 0 aromatic heterocycles. The Morgan fingerprint density at radius 1 is 1.46 bits per heavy atom. The molecule has 0 aliphatic carbocycles. The van der Waals surface area contributed by atoms with E-state index in [-0.39, 0.29) is 31.2 Å². The maximum atomic E-state index is 12.8. The van der Waals surface area contributed by atoms with Gasteiger partial charge in [-0.15, -0.1) is 0 Å². The summed E-state index contributed by atoms with van der Waals surface area (Å²) in [5, 5.41) is 2.34. The van der Waals surface area contributed by atoms with Gasteiger partial charge >= 0.3 is 6.18 Å². The molecule has 1 atom stereocenters. The molecule has 0 saturated carbocycles. The summed E-state index contributed by atoms with van der Waals surface area (Å²) in [6.07, 6.45) is -6.18. The largest absolute Gasteiger partial charge is 0.482 e. The number of fused-ring (bicyclic) bond motifs is 1. The number of methoxy groups -OCH3 is 1. The van der Waals surface area contributed by atoms with Gasteiger partial charge in [0.1, 0.15) is 18.8 Å². The molecule has 10 heteroatoms. The van der Waals surface area contributed by atoms with Crippen LogP contribution < -0.4 is 15.0 Å². The first-order valence-corrected chi connectivity index (χ1v) is 7.62. The molecule has 0 radical (unpaired) electrons. The summed E-state index contributed by atoms with van der Waals surface area (Å²) >= 11 is 0. The van der Waals surface area contributed by atoms with E-state index in [1.54, 1.807) is 0 Å². The van der Waals surface area contributed by atoms with Crippen molar-refractivity contribution in [1.82, 2.24) is 0 Å². The molecule has 0 saturated heterocycles. The number of halogens is 3. The molecule has 7 nitrogen and oxygen atoms in total. The number of nitrogens with zero attached hydrogens (tertiary/aromatic N) is 1. The lowest BCUT2D eigenvalue weighted by Crippen LogP contribution is -2.40. The smallest absolute Gasteiger partial charge is 0.392 e. The van der Waals surface area contributed by atoms with Gasteiger partial charge in [0.05, 0.1) is 11.6 Å². The van der Waals surface area contributed by atoms with E-state index >= 15 is 0 Å². The van der Waals surface area contributed by atoms with Crippen molar-refractivity contribution in [3.63, 3.8) is 0 Å². The van der Waals surface area contributed by atoms with E-state index in [0.29, 0.717) is 11.4 Å². The molecular formula is C16H17F3N2O5. The average Bonchev–Trinajstić information content (AvgIpc) is 2.56. The van der Waals surface area contributed by atoms with Crippen LogP contribution in [0.25, 0.3) is 0 Å². The first kappa shape index (κ1) is 19.7. The molecule has 1 N–H and O–H groups in total. The molecule has 1 aromatic carbocycles. The average molecular weight is 374 g/mol. The number of hydrogen-bond acceptors (Lipinski definition) is 5. The van der Waals surface area contributed by atoms with Crippen LogP contribution in [0.4, 0.5) is 24.5 Å². The minimum Gasteiger partial charge on any atom is -0.482 e. The zero-order chi connectivity index (χ0) is 19.3. The van der Waals surface area contributed by atoms with E-state index in [0.717, 1.165) is 0 Å². The van der Waals surface area contributed by atoms with Gasteiger partial charge in [-0.25, -0.2) is 0 Å². The fourth-order valence-electron chi connectivity index (χ4n) is 2.44. The van der Waals surface area contributed by atoms with Gasteiger partial charge in [-0.1, -0.05) is 0 Å². The van der Waals surface area contributed by atoms with Gasteiger partial charge in [0, 0.05) is 25.6 Å². The third kappa shape index (κ3) is 4.72. The zero-order valence-corrected chi connectivity index (χ0v) is 13.8. The molecule has 0 fully saturated rings. The summed E-state index contributed by atoms with van der Waals surface area (Å²) < 4.78 is 48.6. The van der Waals surface area contributed by atoms with Crippen LogP contribution in [-0.2, 0) is 19.1 Å². The second-order valence-corrected chi connectivity index (χ2v) is 5.60. The minimum atomic E-state index is -4.65. The maximum absolute atomic E-state index is 12.8. The van der Waals surface area contributed by atoms with Crippen LogP contribution in [0.1, 0.15) is 12.8 Å². The van der Waals surface area contributed by atoms with Crippen LogP contribution >= 0.6 is 0 Å². The first-order chi connectivity index (χ1) is 12.3. The second kappa shape index (κ2) is 8.17. The molecule has 0 spiro atoms. The quantitative estimate of drug-likeness (QED) is 0.739. The molecule has 2 rings (SSSR count). The summed E-state index contributed by atoms with van der Waals surface area (Å²) in [6, 6.07) is 4.35. The van der Waals surface area contributed by atoms with Crippen molar-refractivity contribution in [1.29, 1.82) is 0 Å². The molecule has 1 unspecified atom stereocenters. The zero-order valence-electron chi connectivity index (χ0n) is 13.8. The molecule has 1 aromatic rings. The molecule has 1 heterocycles. The predicted octanol–water partition coefficient (Wildman–Crippen LogP) is 2.11. The number of carbonyl (C=O) groups is 3. The SMILES string of the molecule is COCN1C(=O)COc2ccc(NC(=O)CC(CC=O)C(F)(F)F)cc21. The van der Waals surface area contributed by atoms with E-state index in [2.05, 4.69) is 5.32 Å². The Labute approximate surface area is 147 Å². The van der Waals surface area contributed by atoms with Gasteiger partial charge in [0.25, 0.3) is 5.91 Å². The summed E-state index contributed by atoms with van der Waals surface area (Å²) in [7, 11) is 1.40. The van der Waals surface area contributed by atoms with Gasteiger partial charge in [0.2, 0.25) is 5.91 Å². The van der Waals surface area contributed by atoms with Gasteiger partial charge < -0.3 is 19.6 Å². The molecule has 142 valence electrons. The highest BCUT2D eigenvalue weighted by molar-refractivity contribution is 5.99. The first-order valence-electron chi connectivity index (χ1n) is 7.62. The van der Waals surface area contributed by atoms with Crippen molar-refractivity contribution in [2.24, 2.45) is 5.92 Å². The van der Waals surface area contributed by atoms with Gasteiger partial charge in [-0.3, -0.25) is 14.5 Å². The van der Waals surface area contributed by atoms with E-state index in [1.165, 1.54) is 30.2 Å².